The fraction of sp³-hybridized carbons (Fsp3) is 0.125. The van der Waals surface area contributed by atoms with Crippen LogP contribution in [0.1, 0.15) is 15.9 Å². The third kappa shape index (κ3) is 1.95. The molecule has 1 aromatic rings. The van der Waals surface area contributed by atoms with Gasteiger partial charge in [0, 0.05) is 5.88 Å². The molecule has 1 radical (unpaired) electrons. The molecular formula is C8H6ClO2. The molecule has 0 saturated carbocycles. The van der Waals surface area contributed by atoms with Crippen LogP contribution in [0.15, 0.2) is 24.3 Å². The van der Waals surface area contributed by atoms with Gasteiger partial charge in [0.15, 0.2) is 0 Å². The first-order chi connectivity index (χ1) is 5.24. The minimum Gasteiger partial charge on any atom is -0.242 e. The number of benzene rings is 1. The van der Waals surface area contributed by atoms with Gasteiger partial charge in [0.05, 0.1) is 5.56 Å². The van der Waals surface area contributed by atoms with Crippen molar-refractivity contribution in [3.63, 3.8) is 0 Å². The van der Waals surface area contributed by atoms with E-state index in [1.807, 2.05) is 0 Å². The molecule has 1 aromatic carbocycles. The van der Waals surface area contributed by atoms with Crippen LogP contribution in [0.2, 0.25) is 0 Å². The Labute approximate surface area is 69.4 Å². The number of alkyl halides is 1. The van der Waals surface area contributed by atoms with Gasteiger partial charge in [0.2, 0.25) is 0 Å². The van der Waals surface area contributed by atoms with Crippen LogP contribution < -0.4 is 0 Å². The van der Waals surface area contributed by atoms with E-state index in [4.69, 9.17) is 11.6 Å². The first-order valence-corrected chi connectivity index (χ1v) is 3.63. The van der Waals surface area contributed by atoms with Crippen LogP contribution in [-0.2, 0) is 11.0 Å². The molecule has 0 unspecified atom stereocenters. The summed E-state index contributed by atoms with van der Waals surface area (Å²) in [6, 6.07) is 6.38. The van der Waals surface area contributed by atoms with Crippen LogP contribution in [0, 0.1) is 0 Å². The SMILES string of the molecule is [O]C(=O)c1cccc(CCl)c1. The monoisotopic (exact) mass is 169 g/mol. The Morgan fingerprint density at radius 3 is 2.73 bits per heavy atom. The van der Waals surface area contributed by atoms with E-state index in [0.717, 1.165) is 5.56 Å². The van der Waals surface area contributed by atoms with Gasteiger partial charge in [-0.1, -0.05) is 12.1 Å². The van der Waals surface area contributed by atoms with E-state index in [2.05, 4.69) is 0 Å². The zero-order valence-corrected chi connectivity index (χ0v) is 6.47. The molecule has 57 valence electrons. The maximum atomic E-state index is 10.3. The van der Waals surface area contributed by atoms with Gasteiger partial charge >= 0.3 is 5.97 Å². The molecule has 2 nitrogen and oxygen atoms in total. The Kier molecular flexibility index (Phi) is 2.49. The maximum Gasteiger partial charge on any atom is 0.386 e. The first-order valence-electron chi connectivity index (χ1n) is 3.10. The standard InChI is InChI=1S/C8H6ClO2/c9-5-6-2-1-3-7(4-6)8(10)11/h1-4H,5H2. The number of carbonyl (C=O) groups is 1. The zero-order chi connectivity index (χ0) is 8.27. The molecule has 0 aliphatic carbocycles. The highest BCUT2D eigenvalue weighted by Crippen LogP contribution is 2.07. The number of halogens is 1. The molecule has 1 rings (SSSR count). The summed E-state index contributed by atoms with van der Waals surface area (Å²) in [5, 5.41) is 10.3. The Hall–Kier alpha value is -1.02. The predicted molar refractivity (Wildman–Crippen MR) is 41.0 cm³/mol. The van der Waals surface area contributed by atoms with Crippen LogP contribution in [0.25, 0.3) is 0 Å². The smallest absolute Gasteiger partial charge is 0.242 e. The topological polar surface area (TPSA) is 37.0 Å². The molecule has 0 spiro atoms. The zero-order valence-electron chi connectivity index (χ0n) is 5.71. The van der Waals surface area contributed by atoms with E-state index in [9.17, 15) is 9.90 Å². The van der Waals surface area contributed by atoms with Crippen LogP contribution in [0.3, 0.4) is 0 Å². The highest BCUT2D eigenvalue weighted by molar-refractivity contribution is 6.17. The Bertz CT molecular complexity index is 271. The number of hydrogen-bond acceptors (Lipinski definition) is 1. The molecule has 0 atom stereocenters. The molecule has 0 heterocycles. The minimum atomic E-state index is -1.17. The fourth-order valence-electron chi connectivity index (χ4n) is 0.781. The molecule has 11 heavy (non-hydrogen) atoms. The second-order valence-electron chi connectivity index (χ2n) is 2.12. The van der Waals surface area contributed by atoms with Crippen LogP contribution in [0.4, 0.5) is 0 Å². The van der Waals surface area contributed by atoms with Crippen molar-refractivity contribution in [3.8, 4) is 0 Å². The second kappa shape index (κ2) is 3.39. The van der Waals surface area contributed by atoms with Gasteiger partial charge in [0.1, 0.15) is 0 Å². The highest BCUT2D eigenvalue weighted by Gasteiger charge is 2.03. The first kappa shape index (κ1) is 8.08. The van der Waals surface area contributed by atoms with Gasteiger partial charge < -0.3 is 0 Å². The third-order valence-electron chi connectivity index (χ3n) is 1.32. The second-order valence-corrected chi connectivity index (χ2v) is 2.39. The lowest BCUT2D eigenvalue weighted by atomic mass is 10.1. The molecule has 0 amide bonds. The largest absolute Gasteiger partial charge is 0.386 e. The van der Waals surface area contributed by atoms with Gasteiger partial charge in [0.25, 0.3) is 0 Å². The van der Waals surface area contributed by atoms with Crippen molar-refractivity contribution in [2.45, 2.75) is 5.88 Å². The quantitative estimate of drug-likeness (QED) is 0.624. The summed E-state index contributed by atoms with van der Waals surface area (Å²) in [6.45, 7) is 0. The lowest BCUT2D eigenvalue weighted by Gasteiger charge is -1.94. The minimum absolute atomic E-state index is 0.170. The van der Waals surface area contributed by atoms with E-state index >= 15 is 0 Å². The summed E-state index contributed by atoms with van der Waals surface area (Å²) in [5.74, 6) is -0.849. The van der Waals surface area contributed by atoms with Crippen molar-refractivity contribution >= 4 is 17.6 Å². The van der Waals surface area contributed by atoms with Gasteiger partial charge in [-0.25, -0.2) is 9.90 Å². The summed E-state index contributed by atoms with van der Waals surface area (Å²) in [4.78, 5) is 10.3. The van der Waals surface area contributed by atoms with E-state index < -0.39 is 5.97 Å². The van der Waals surface area contributed by atoms with Gasteiger partial charge in [-0.05, 0) is 17.7 Å². The predicted octanol–water partition coefficient (Wildman–Crippen LogP) is 2.00. The summed E-state index contributed by atoms with van der Waals surface area (Å²) in [6.07, 6.45) is 0. The van der Waals surface area contributed by atoms with Crippen molar-refractivity contribution in [1.82, 2.24) is 0 Å². The van der Waals surface area contributed by atoms with E-state index in [-0.39, 0.29) is 5.56 Å². The van der Waals surface area contributed by atoms with Gasteiger partial charge in [-0.2, -0.15) is 0 Å². The summed E-state index contributed by atoms with van der Waals surface area (Å²) in [7, 11) is 0. The third-order valence-corrected chi connectivity index (χ3v) is 1.63. The number of hydrogen-bond donors (Lipinski definition) is 0. The van der Waals surface area contributed by atoms with Crippen molar-refractivity contribution in [2.24, 2.45) is 0 Å². The Morgan fingerprint density at radius 1 is 1.45 bits per heavy atom. The average molecular weight is 170 g/mol. The van der Waals surface area contributed by atoms with Gasteiger partial charge in [-0.15, -0.1) is 11.6 Å². The summed E-state index contributed by atoms with van der Waals surface area (Å²) >= 11 is 5.49. The lowest BCUT2D eigenvalue weighted by Crippen LogP contribution is -1.94. The van der Waals surface area contributed by atoms with E-state index in [1.165, 1.54) is 12.1 Å². The summed E-state index contributed by atoms with van der Waals surface area (Å²) in [5.41, 5.74) is 0.955. The molecule has 0 saturated heterocycles. The molecule has 0 aliphatic heterocycles. The maximum absolute atomic E-state index is 10.3. The van der Waals surface area contributed by atoms with Gasteiger partial charge in [-0.3, -0.25) is 0 Å². The molecule has 3 heteroatoms. The number of carbonyl (C=O) groups excluding carboxylic acids is 1. The Balaban J connectivity index is 3.01. The molecule has 0 fully saturated rings. The molecule has 0 bridgehead atoms. The van der Waals surface area contributed by atoms with Crippen LogP contribution >= 0.6 is 11.6 Å². The highest BCUT2D eigenvalue weighted by atomic mass is 35.5. The van der Waals surface area contributed by atoms with Crippen LogP contribution in [-0.4, -0.2) is 5.97 Å². The molecular weight excluding hydrogens is 164 g/mol. The van der Waals surface area contributed by atoms with Crippen molar-refractivity contribution in [3.05, 3.63) is 35.4 Å². The van der Waals surface area contributed by atoms with E-state index in [0.29, 0.717) is 5.88 Å². The molecule has 0 N–H and O–H groups in total. The molecule has 0 aliphatic rings. The van der Waals surface area contributed by atoms with Crippen molar-refractivity contribution in [2.75, 3.05) is 0 Å². The Morgan fingerprint density at radius 2 is 2.18 bits per heavy atom. The van der Waals surface area contributed by atoms with Crippen molar-refractivity contribution < 1.29 is 9.90 Å². The van der Waals surface area contributed by atoms with Crippen LogP contribution in [0.5, 0.6) is 0 Å². The molecule has 0 aromatic heterocycles. The summed E-state index contributed by atoms with van der Waals surface area (Å²) < 4.78 is 0. The average Bonchev–Trinajstić information content (AvgIpc) is 2.05. The fourth-order valence-corrected chi connectivity index (χ4v) is 0.948. The lowest BCUT2D eigenvalue weighted by molar-refractivity contribution is 0.0573. The van der Waals surface area contributed by atoms with E-state index in [1.54, 1.807) is 12.1 Å². The normalized spacial score (nSPS) is 9.55. The van der Waals surface area contributed by atoms with Crippen molar-refractivity contribution in [1.29, 1.82) is 0 Å². The number of rotatable bonds is 2.